The number of piperazine rings is 1. The molecule has 20 heavy (non-hydrogen) atoms. The third-order valence-corrected chi connectivity index (χ3v) is 5.59. The van der Waals surface area contributed by atoms with Crippen molar-refractivity contribution in [3.8, 4) is 0 Å². The lowest BCUT2D eigenvalue weighted by Crippen LogP contribution is -2.66. The van der Waals surface area contributed by atoms with Gasteiger partial charge in [0.1, 0.15) is 0 Å². The van der Waals surface area contributed by atoms with Crippen molar-refractivity contribution < 1.29 is 8.78 Å². The molecule has 2 heterocycles. The molecule has 2 bridgehead atoms. The van der Waals surface area contributed by atoms with Crippen LogP contribution in [0, 0.1) is 0 Å². The Morgan fingerprint density at radius 1 is 1.10 bits per heavy atom. The highest BCUT2D eigenvalue weighted by molar-refractivity contribution is 5.05. The zero-order valence-corrected chi connectivity index (χ0v) is 12.6. The van der Waals surface area contributed by atoms with Crippen molar-refractivity contribution in [2.75, 3.05) is 13.1 Å². The summed E-state index contributed by atoms with van der Waals surface area (Å²) in [6.07, 6.45) is 3.69. The zero-order chi connectivity index (χ0) is 14.5. The molecule has 0 aromatic rings. The summed E-state index contributed by atoms with van der Waals surface area (Å²) in [4.78, 5) is 4.86. The predicted molar refractivity (Wildman–Crippen MR) is 75.9 cm³/mol. The normalized spacial score (nSPS) is 42.3. The quantitative estimate of drug-likeness (QED) is 0.844. The van der Waals surface area contributed by atoms with Gasteiger partial charge in [0.2, 0.25) is 0 Å². The first kappa shape index (κ1) is 14.7. The van der Waals surface area contributed by atoms with E-state index in [0.29, 0.717) is 24.5 Å². The van der Waals surface area contributed by atoms with Crippen LogP contribution in [0.25, 0.3) is 0 Å². The van der Waals surface area contributed by atoms with Crippen molar-refractivity contribution in [3.05, 3.63) is 0 Å². The molecule has 2 saturated heterocycles. The molecule has 3 aliphatic rings. The molecule has 3 nitrogen and oxygen atoms in total. The van der Waals surface area contributed by atoms with Gasteiger partial charge in [0, 0.05) is 43.7 Å². The van der Waals surface area contributed by atoms with Crippen LogP contribution in [-0.2, 0) is 0 Å². The maximum absolute atomic E-state index is 13.9. The van der Waals surface area contributed by atoms with E-state index < -0.39 is 12.0 Å². The molecule has 5 heteroatoms. The van der Waals surface area contributed by atoms with E-state index in [9.17, 15) is 8.78 Å². The molecule has 0 radical (unpaired) electrons. The van der Waals surface area contributed by atoms with Gasteiger partial charge in [0.15, 0.2) is 0 Å². The highest BCUT2D eigenvalue weighted by atomic mass is 19.3. The summed E-state index contributed by atoms with van der Waals surface area (Å²) in [5.41, 5.74) is 5.93. The highest BCUT2D eigenvalue weighted by Gasteiger charge is 2.52. The molecule has 2 aliphatic heterocycles. The molecule has 0 aromatic heterocycles. The monoisotopic (exact) mass is 287 g/mol. The number of halogens is 2. The molecule has 2 unspecified atom stereocenters. The van der Waals surface area contributed by atoms with E-state index in [4.69, 9.17) is 5.73 Å². The minimum absolute atomic E-state index is 0.0358. The summed E-state index contributed by atoms with van der Waals surface area (Å²) >= 11 is 0. The second-order valence-electron chi connectivity index (χ2n) is 7.13. The summed E-state index contributed by atoms with van der Waals surface area (Å²) in [6.45, 7) is 6.47. The first-order valence-electron chi connectivity index (χ1n) is 8.05. The van der Waals surface area contributed by atoms with E-state index in [2.05, 4.69) is 23.6 Å². The van der Waals surface area contributed by atoms with Crippen LogP contribution in [0.2, 0.25) is 0 Å². The Kier molecular flexibility index (Phi) is 3.80. The molecule has 3 fully saturated rings. The third-order valence-electron chi connectivity index (χ3n) is 5.59. The fraction of sp³-hybridized carbons (Fsp3) is 1.00. The van der Waals surface area contributed by atoms with Gasteiger partial charge in [-0.25, -0.2) is 8.78 Å². The van der Waals surface area contributed by atoms with Crippen LogP contribution in [0.5, 0.6) is 0 Å². The molecule has 4 atom stereocenters. The number of fused-ring (bicyclic) bond motifs is 2. The Morgan fingerprint density at radius 3 is 2.25 bits per heavy atom. The van der Waals surface area contributed by atoms with E-state index in [1.165, 1.54) is 0 Å². The molecular weight excluding hydrogens is 260 g/mol. The molecule has 0 aromatic carbocycles. The van der Waals surface area contributed by atoms with Gasteiger partial charge >= 0.3 is 0 Å². The van der Waals surface area contributed by atoms with E-state index in [-0.39, 0.29) is 12.5 Å². The Balaban J connectivity index is 1.75. The third kappa shape index (κ3) is 2.38. The predicted octanol–water partition coefficient (Wildman–Crippen LogP) is 2.06. The maximum atomic E-state index is 13.9. The van der Waals surface area contributed by atoms with Crippen LogP contribution >= 0.6 is 0 Å². The van der Waals surface area contributed by atoms with Crippen molar-refractivity contribution in [2.45, 2.75) is 82.1 Å². The Morgan fingerprint density at radius 2 is 1.70 bits per heavy atom. The fourth-order valence-electron chi connectivity index (χ4n) is 4.44. The second-order valence-corrected chi connectivity index (χ2v) is 7.13. The molecule has 2 N–H and O–H groups in total. The maximum Gasteiger partial charge on any atom is 0.264 e. The molecular formula is C15H27F2N3. The van der Waals surface area contributed by atoms with E-state index in [1.54, 1.807) is 0 Å². The summed E-state index contributed by atoms with van der Waals surface area (Å²) in [5, 5.41) is 0. The van der Waals surface area contributed by atoms with Crippen LogP contribution in [0.15, 0.2) is 0 Å². The number of rotatable bonds is 2. The standard InChI is InChI=1S/C15H27F2N3/c1-10(2)19-8-11-5-6-12(9-19)20(11)13-4-3-7-15(16,17)14(13)18/h10-14H,3-9,18H2,1-2H3/t11?,12?,13-,14+/m0/s1. The SMILES string of the molecule is CC(C)N1CC2CCC(C1)N2[C@H]1CCCC(F)(F)[C@@H]1N. The lowest BCUT2D eigenvalue weighted by molar-refractivity contribution is -0.100. The second kappa shape index (κ2) is 5.18. The number of nitrogens with two attached hydrogens (primary N) is 1. The highest BCUT2D eigenvalue weighted by Crippen LogP contribution is 2.41. The van der Waals surface area contributed by atoms with Crippen molar-refractivity contribution >= 4 is 0 Å². The molecule has 116 valence electrons. The first-order valence-corrected chi connectivity index (χ1v) is 8.05. The van der Waals surface area contributed by atoms with Gasteiger partial charge < -0.3 is 5.73 Å². The van der Waals surface area contributed by atoms with Crippen LogP contribution in [0.1, 0.15) is 46.0 Å². The summed E-state index contributed by atoms with van der Waals surface area (Å²) < 4.78 is 27.8. The number of likely N-dealkylation sites (tertiary alicyclic amines) is 1. The number of alkyl halides is 2. The summed E-state index contributed by atoms with van der Waals surface area (Å²) in [6, 6.07) is 0.305. The van der Waals surface area contributed by atoms with Gasteiger partial charge in [0.25, 0.3) is 5.92 Å². The van der Waals surface area contributed by atoms with Crippen molar-refractivity contribution in [1.82, 2.24) is 9.80 Å². The Labute approximate surface area is 120 Å². The van der Waals surface area contributed by atoms with Crippen LogP contribution < -0.4 is 5.73 Å². The fourth-order valence-corrected chi connectivity index (χ4v) is 4.44. The smallest absolute Gasteiger partial charge is 0.264 e. The topological polar surface area (TPSA) is 32.5 Å². The number of hydrogen-bond acceptors (Lipinski definition) is 3. The largest absolute Gasteiger partial charge is 0.321 e. The molecule has 0 spiro atoms. The average molecular weight is 287 g/mol. The molecule has 1 aliphatic carbocycles. The van der Waals surface area contributed by atoms with E-state index >= 15 is 0 Å². The lowest BCUT2D eigenvalue weighted by Gasteiger charge is -2.50. The average Bonchev–Trinajstić information content (AvgIpc) is 2.63. The van der Waals surface area contributed by atoms with Crippen molar-refractivity contribution in [1.29, 1.82) is 0 Å². The molecule has 1 saturated carbocycles. The van der Waals surface area contributed by atoms with Gasteiger partial charge in [-0.3, -0.25) is 9.80 Å². The van der Waals surface area contributed by atoms with Gasteiger partial charge in [0.05, 0.1) is 6.04 Å². The Hall–Kier alpha value is -0.260. The zero-order valence-electron chi connectivity index (χ0n) is 12.6. The van der Waals surface area contributed by atoms with Crippen molar-refractivity contribution in [2.24, 2.45) is 5.73 Å². The van der Waals surface area contributed by atoms with Crippen molar-refractivity contribution in [3.63, 3.8) is 0 Å². The van der Waals surface area contributed by atoms with E-state index in [1.807, 2.05) is 0 Å². The summed E-state index contributed by atoms with van der Waals surface area (Å²) in [5.74, 6) is -2.68. The van der Waals surface area contributed by atoms with Gasteiger partial charge in [-0.1, -0.05) is 0 Å². The van der Waals surface area contributed by atoms with Gasteiger partial charge in [-0.05, 0) is 39.5 Å². The van der Waals surface area contributed by atoms with Crippen LogP contribution in [0.4, 0.5) is 8.78 Å². The van der Waals surface area contributed by atoms with Crippen LogP contribution in [-0.4, -0.2) is 59.0 Å². The minimum Gasteiger partial charge on any atom is -0.321 e. The lowest BCUT2D eigenvalue weighted by atomic mass is 9.85. The number of nitrogens with zero attached hydrogens (tertiary/aromatic N) is 2. The molecule has 0 amide bonds. The van der Waals surface area contributed by atoms with Gasteiger partial charge in [-0.15, -0.1) is 0 Å². The number of hydrogen-bond donors (Lipinski definition) is 1. The van der Waals surface area contributed by atoms with Crippen LogP contribution in [0.3, 0.4) is 0 Å². The summed E-state index contributed by atoms with van der Waals surface area (Å²) in [7, 11) is 0. The van der Waals surface area contributed by atoms with Gasteiger partial charge in [-0.2, -0.15) is 0 Å². The first-order chi connectivity index (χ1) is 9.40. The minimum atomic E-state index is -2.68. The van der Waals surface area contributed by atoms with E-state index in [0.717, 1.165) is 32.4 Å². The Bertz CT molecular complexity index is 347. The molecule has 3 rings (SSSR count).